The van der Waals surface area contributed by atoms with Gasteiger partial charge in [-0.05, 0) is 41.8 Å². The van der Waals surface area contributed by atoms with Crippen LogP contribution < -0.4 is 0 Å². The van der Waals surface area contributed by atoms with Crippen molar-refractivity contribution in [1.82, 2.24) is 0 Å². The number of carbonyl (C=O) groups excluding carboxylic acids is 2. The van der Waals surface area contributed by atoms with Crippen LogP contribution in [0.1, 0.15) is 19.5 Å². The zero-order chi connectivity index (χ0) is 18.4. The number of ketones is 1. The second kappa shape index (κ2) is 7.79. The molecule has 0 fully saturated rings. The van der Waals surface area contributed by atoms with Gasteiger partial charge in [0.1, 0.15) is 0 Å². The first-order chi connectivity index (χ1) is 11.8. The van der Waals surface area contributed by atoms with Gasteiger partial charge in [0, 0.05) is 1.43 Å². The zero-order valence-electron chi connectivity index (χ0n) is 13.3. The van der Waals surface area contributed by atoms with Crippen LogP contribution in [0.25, 0.3) is 17.2 Å². The molecule has 0 radical (unpaired) electrons. The summed E-state index contributed by atoms with van der Waals surface area (Å²) >= 11 is 0. The quantitative estimate of drug-likeness (QED) is 0.443. The molecule has 0 heterocycles. The lowest BCUT2D eigenvalue weighted by Crippen LogP contribution is -2.14. The number of benzene rings is 2. The lowest BCUT2D eigenvalue weighted by Gasteiger charge is -2.08. The van der Waals surface area contributed by atoms with Crippen molar-refractivity contribution < 1.29 is 28.9 Å². The van der Waals surface area contributed by atoms with Crippen molar-refractivity contribution in [3.8, 4) is 11.1 Å². The number of carbonyl (C=O) groups is 2. The van der Waals surface area contributed by atoms with Crippen LogP contribution in [-0.2, 0) is 20.5 Å². The highest BCUT2D eigenvalue weighted by Gasteiger charge is 2.29. The van der Waals surface area contributed by atoms with E-state index in [4.69, 9.17) is 0 Å². The number of hydrogen-bond donors (Lipinski definition) is 0. The van der Waals surface area contributed by atoms with Crippen molar-refractivity contribution in [2.24, 2.45) is 0 Å². The van der Waals surface area contributed by atoms with Gasteiger partial charge in [0.2, 0.25) is 0 Å². The molecule has 0 bridgehead atoms. The van der Waals surface area contributed by atoms with Gasteiger partial charge in [0.25, 0.3) is 5.78 Å². The largest absolute Gasteiger partial charge is 0.460 e. The van der Waals surface area contributed by atoms with Gasteiger partial charge in [-0.3, -0.25) is 4.79 Å². The molecule has 0 aliphatic carbocycles. The standard InChI is InChI=1S/C19H15F3O3.H2/c1-2-25-18(24)17(23)12-5-13-3-6-14(7-4-13)15-8-10-16(11-9-15)19(20,21)22;/h3-12H,2H2,1H3;1H/b12-5+;. The van der Waals surface area contributed by atoms with Gasteiger partial charge in [-0.1, -0.05) is 42.5 Å². The van der Waals surface area contributed by atoms with Crippen molar-refractivity contribution in [2.45, 2.75) is 13.1 Å². The lowest BCUT2D eigenvalue weighted by molar-refractivity contribution is -0.151. The fourth-order valence-corrected chi connectivity index (χ4v) is 2.08. The first-order valence-corrected chi connectivity index (χ1v) is 7.48. The van der Waals surface area contributed by atoms with Crippen LogP contribution in [0.5, 0.6) is 0 Å². The van der Waals surface area contributed by atoms with E-state index >= 15 is 0 Å². The summed E-state index contributed by atoms with van der Waals surface area (Å²) in [5.74, 6) is -1.67. The van der Waals surface area contributed by atoms with Gasteiger partial charge in [0.05, 0.1) is 12.2 Å². The van der Waals surface area contributed by atoms with Crippen LogP contribution in [0, 0.1) is 0 Å². The predicted molar refractivity (Wildman–Crippen MR) is 89.7 cm³/mol. The topological polar surface area (TPSA) is 43.4 Å². The summed E-state index contributed by atoms with van der Waals surface area (Å²) in [6.07, 6.45) is -1.78. The van der Waals surface area contributed by atoms with E-state index in [0.29, 0.717) is 11.1 Å². The Morgan fingerprint density at radius 1 is 1.00 bits per heavy atom. The summed E-state index contributed by atoms with van der Waals surface area (Å²) in [5.41, 5.74) is 1.36. The summed E-state index contributed by atoms with van der Waals surface area (Å²) in [6, 6.07) is 11.7. The van der Waals surface area contributed by atoms with Gasteiger partial charge in [-0.25, -0.2) is 4.79 Å². The smallest absolute Gasteiger partial charge is 0.416 e. The normalized spacial score (nSPS) is 11.5. The minimum atomic E-state index is -4.36. The molecule has 2 rings (SSSR count). The molecule has 25 heavy (non-hydrogen) atoms. The first-order valence-electron chi connectivity index (χ1n) is 7.48. The molecular weight excluding hydrogens is 333 g/mol. The molecule has 0 N–H and O–H groups in total. The van der Waals surface area contributed by atoms with Crippen molar-refractivity contribution in [2.75, 3.05) is 6.61 Å². The van der Waals surface area contributed by atoms with Gasteiger partial charge in [0.15, 0.2) is 0 Å². The molecule has 6 heteroatoms. The maximum atomic E-state index is 12.6. The molecule has 0 atom stereocenters. The number of alkyl halides is 3. The number of halogens is 3. The maximum absolute atomic E-state index is 12.6. The molecule has 0 aliphatic heterocycles. The minimum Gasteiger partial charge on any atom is -0.460 e. The van der Waals surface area contributed by atoms with Crippen LogP contribution in [0.15, 0.2) is 54.6 Å². The van der Waals surface area contributed by atoms with E-state index in [1.54, 1.807) is 31.2 Å². The average Bonchev–Trinajstić information content (AvgIpc) is 2.59. The van der Waals surface area contributed by atoms with E-state index < -0.39 is 23.5 Å². The maximum Gasteiger partial charge on any atom is 0.416 e. The Morgan fingerprint density at radius 2 is 1.52 bits per heavy atom. The third-order valence-electron chi connectivity index (χ3n) is 3.36. The van der Waals surface area contributed by atoms with Crippen molar-refractivity contribution >= 4 is 17.8 Å². The van der Waals surface area contributed by atoms with E-state index in [0.717, 1.165) is 23.8 Å². The Morgan fingerprint density at radius 3 is 2.00 bits per heavy atom. The Kier molecular flexibility index (Phi) is 5.75. The van der Waals surface area contributed by atoms with E-state index in [2.05, 4.69) is 4.74 Å². The van der Waals surface area contributed by atoms with Gasteiger partial charge in [-0.2, -0.15) is 13.2 Å². The Bertz CT molecular complexity index is 779. The van der Waals surface area contributed by atoms with Crippen LogP contribution in [0.2, 0.25) is 0 Å². The van der Waals surface area contributed by atoms with E-state index in [-0.39, 0.29) is 8.03 Å². The van der Waals surface area contributed by atoms with Crippen LogP contribution >= 0.6 is 0 Å². The highest BCUT2D eigenvalue weighted by atomic mass is 19.4. The third kappa shape index (κ3) is 5.04. The molecule has 3 nitrogen and oxygen atoms in total. The second-order valence-electron chi connectivity index (χ2n) is 5.12. The van der Waals surface area contributed by atoms with E-state index in [9.17, 15) is 22.8 Å². The summed E-state index contributed by atoms with van der Waals surface area (Å²) in [4.78, 5) is 22.7. The molecule has 132 valence electrons. The summed E-state index contributed by atoms with van der Waals surface area (Å²) in [7, 11) is 0. The number of rotatable bonds is 5. The molecule has 2 aromatic carbocycles. The van der Waals surface area contributed by atoms with Crippen molar-refractivity contribution in [1.29, 1.82) is 0 Å². The molecule has 0 saturated carbocycles. The summed E-state index contributed by atoms with van der Waals surface area (Å²) in [6.45, 7) is 1.73. The molecular formula is C19H17F3O3. The highest BCUT2D eigenvalue weighted by Crippen LogP contribution is 2.31. The Hall–Kier alpha value is -2.89. The van der Waals surface area contributed by atoms with Crippen LogP contribution in [0.3, 0.4) is 0 Å². The van der Waals surface area contributed by atoms with Crippen LogP contribution in [0.4, 0.5) is 13.2 Å². The molecule has 0 amide bonds. The number of hydrogen-bond acceptors (Lipinski definition) is 3. The van der Waals surface area contributed by atoms with E-state index in [1.165, 1.54) is 18.2 Å². The zero-order valence-corrected chi connectivity index (χ0v) is 13.3. The van der Waals surface area contributed by atoms with Crippen molar-refractivity contribution in [3.63, 3.8) is 0 Å². The predicted octanol–water partition coefficient (Wildman–Crippen LogP) is 4.76. The van der Waals surface area contributed by atoms with Gasteiger partial charge in [-0.15, -0.1) is 0 Å². The lowest BCUT2D eigenvalue weighted by atomic mass is 10.0. The molecule has 0 spiro atoms. The van der Waals surface area contributed by atoms with Crippen molar-refractivity contribution in [3.05, 3.63) is 65.7 Å². The summed E-state index contributed by atoms with van der Waals surface area (Å²) < 4.78 is 42.3. The van der Waals surface area contributed by atoms with Gasteiger partial charge >= 0.3 is 12.1 Å². The average molecular weight is 350 g/mol. The molecule has 0 unspecified atom stereocenters. The van der Waals surface area contributed by atoms with Crippen LogP contribution in [-0.4, -0.2) is 18.4 Å². The highest BCUT2D eigenvalue weighted by molar-refractivity contribution is 6.39. The number of ether oxygens (including phenoxy) is 1. The van der Waals surface area contributed by atoms with Gasteiger partial charge < -0.3 is 4.74 Å². The fourth-order valence-electron chi connectivity index (χ4n) is 2.08. The monoisotopic (exact) mass is 350 g/mol. The Labute approximate surface area is 144 Å². The SMILES string of the molecule is CCOC(=O)C(=O)/C=C/c1ccc(-c2ccc(C(F)(F)F)cc2)cc1.[HH]. The number of esters is 1. The second-order valence-corrected chi connectivity index (χ2v) is 5.12. The molecule has 0 saturated heterocycles. The van der Waals surface area contributed by atoms with E-state index in [1.807, 2.05) is 0 Å². The minimum absolute atomic E-state index is 0. The molecule has 0 aliphatic rings. The Balaban J connectivity index is 0.00000338. The third-order valence-corrected chi connectivity index (χ3v) is 3.36. The molecule has 2 aromatic rings. The first kappa shape index (κ1) is 18.4. The fraction of sp³-hybridized carbons (Fsp3) is 0.158. The summed E-state index contributed by atoms with van der Waals surface area (Å²) in [5, 5.41) is 0. The molecule has 0 aromatic heterocycles.